The summed E-state index contributed by atoms with van der Waals surface area (Å²) in [6, 6.07) is -0.307. The molecule has 0 radical (unpaired) electrons. The molecular formula is C38H48F3N3O7. The quantitative estimate of drug-likeness (QED) is 0.244. The van der Waals surface area contributed by atoms with Crippen molar-refractivity contribution in [1.29, 1.82) is 0 Å². The number of likely N-dealkylation sites (N-methyl/N-ethyl adjacent to an activating group) is 1. The molecule has 10 nitrogen and oxygen atoms in total. The molecule has 8 rings (SSSR count). The average Bonchev–Trinajstić information content (AvgIpc) is 3.81. The van der Waals surface area contributed by atoms with Gasteiger partial charge in [0.05, 0.1) is 17.2 Å². The number of nitrogens with zero attached hydrogens (tertiary/aromatic N) is 2. The SMILES string of the molecule is C[C@@H]1C2CC[C@H](CN(Cc3cc(O)c4c(c3C(F)(F)F)C[C@H]3C[C@H]5[C@H](N(C)C)C(=O)C(C(N)=O)=C(O)[C@@]5(O)C(=O)C3=C4O)CC3CC3)C1C2(C)C. The van der Waals surface area contributed by atoms with E-state index in [4.69, 9.17) is 5.73 Å². The number of hydrogen-bond acceptors (Lipinski definition) is 9. The number of fused-ring (bicyclic) bond motifs is 5. The van der Waals surface area contributed by atoms with Crippen molar-refractivity contribution in [3.63, 3.8) is 0 Å². The number of benzene rings is 1. The van der Waals surface area contributed by atoms with E-state index in [1.807, 2.05) is 0 Å². The lowest BCUT2D eigenvalue weighted by Crippen LogP contribution is -2.65. The number of alkyl halides is 3. The number of phenols is 1. The minimum Gasteiger partial charge on any atom is -0.508 e. The molecule has 1 aromatic carbocycles. The average molecular weight is 716 g/mol. The molecule has 0 spiro atoms. The number of aliphatic hydroxyl groups is 3. The van der Waals surface area contributed by atoms with Crippen LogP contribution >= 0.6 is 0 Å². The second-order valence-corrected chi connectivity index (χ2v) is 17.0. The highest BCUT2D eigenvalue weighted by atomic mass is 19.4. The molecule has 2 bridgehead atoms. The Morgan fingerprint density at radius 2 is 1.71 bits per heavy atom. The zero-order valence-electron chi connectivity index (χ0n) is 29.7. The van der Waals surface area contributed by atoms with Crippen molar-refractivity contribution in [2.45, 2.75) is 83.7 Å². The van der Waals surface area contributed by atoms with E-state index in [-0.39, 0.29) is 29.5 Å². The molecule has 2 unspecified atom stereocenters. The number of phenolic OH excluding ortho intramolecular Hbond substituents is 1. The molecular weight excluding hydrogens is 667 g/mol. The largest absolute Gasteiger partial charge is 0.508 e. The molecule has 6 N–H and O–H groups in total. The summed E-state index contributed by atoms with van der Waals surface area (Å²) >= 11 is 0. The van der Waals surface area contributed by atoms with Crippen molar-refractivity contribution in [3.05, 3.63) is 45.2 Å². The van der Waals surface area contributed by atoms with Gasteiger partial charge in [-0.2, -0.15) is 13.2 Å². The Morgan fingerprint density at radius 3 is 2.25 bits per heavy atom. The van der Waals surface area contributed by atoms with Crippen LogP contribution in [0.1, 0.15) is 75.1 Å². The zero-order valence-corrected chi connectivity index (χ0v) is 29.7. The van der Waals surface area contributed by atoms with E-state index in [0.29, 0.717) is 42.7 Å². The third kappa shape index (κ3) is 5.27. The molecule has 278 valence electrons. The molecule has 5 saturated carbocycles. The Balaban J connectivity index is 1.31. The number of nitrogens with two attached hydrogens (primary N) is 1. The van der Waals surface area contributed by atoms with Gasteiger partial charge in [0, 0.05) is 31.1 Å². The number of aliphatic hydroxyl groups excluding tert-OH is 2. The third-order valence-corrected chi connectivity index (χ3v) is 13.6. The Bertz CT molecular complexity index is 1780. The molecule has 51 heavy (non-hydrogen) atoms. The van der Waals surface area contributed by atoms with Crippen LogP contribution in [0.3, 0.4) is 0 Å². The van der Waals surface area contributed by atoms with E-state index in [9.17, 15) is 34.8 Å². The highest BCUT2D eigenvalue weighted by Crippen LogP contribution is 2.65. The smallest absolute Gasteiger partial charge is 0.417 e. The monoisotopic (exact) mass is 715 g/mol. The van der Waals surface area contributed by atoms with Crippen LogP contribution in [0.5, 0.6) is 5.75 Å². The van der Waals surface area contributed by atoms with Crippen LogP contribution in [0.4, 0.5) is 13.2 Å². The second kappa shape index (κ2) is 11.8. The van der Waals surface area contributed by atoms with Crippen molar-refractivity contribution < 1.29 is 48.0 Å². The number of rotatable bonds is 8. The Labute approximate surface area is 295 Å². The Kier molecular flexibility index (Phi) is 8.32. The lowest BCUT2D eigenvalue weighted by Gasteiger charge is -2.65. The minimum atomic E-state index is -4.89. The fraction of sp³-hybridized carbons (Fsp3) is 0.658. The summed E-state index contributed by atoms with van der Waals surface area (Å²) in [6.07, 6.45) is -1.44. The minimum absolute atomic E-state index is 0.0529. The van der Waals surface area contributed by atoms with Gasteiger partial charge in [0.1, 0.15) is 22.8 Å². The van der Waals surface area contributed by atoms with Gasteiger partial charge in [-0.15, -0.1) is 0 Å². The predicted octanol–water partition coefficient (Wildman–Crippen LogP) is 4.51. The number of amides is 1. The van der Waals surface area contributed by atoms with Crippen LogP contribution in [-0.4, -0.2) is 86.5 Å². The first-order valence-corrected chi connectivity index (χ1v) is 18.0. The van der Waals surface area contributed by atoms with Crippen LogP contribution in [-0.2, 0) is 33.5 Å². The lowest BCUT2D eigenvalue weighted by molar-refractivity contribution is -0.166. The number of halogens is 3. The van der Waals surface area contributed by atoms with E-state index in [1.54, 1.807) is 0 Å². The number of Topliss-reactive ketones (excluding diaryl/α,β-unsaturated/α-hetero) is 2. The first kappa shape index (κ1) is 36.0. The normalized spacial score (nSPS) is 34.4. The van der Waals surface area contributed by atoms with Gasteiger partial charge in [0.15, 0.2) is 11.4 Å². The maximum atomic E-state index is 15.3. The van der Waals surface area contributed by atoms with Crippen LogP contribution in [0.2, 0.25) is 0 Å². The first-order valence-electron chi connectivity index (χ1n) is 18.0. The summed E-state index contributed by atoms with van der Waals surface area (Å²) < 4.78 is 45.8. The van der Waals surface area contributed by atoms with E-state index in [0.717, 1.165) is 31.7 Å². The van der Waals surface area contributed by atoms with E-state index < -0.39 is 93.1 Å². The number of carbonyl (C=O) groups is 3. The fourth-order valence-electron chi connectivity index (χ4n) is 11.5. The van der Waals surface area contributed by atoms with Crippen LogP contribution in [0.15, 0.2) is 23.0 Å². The topological polar surface area (TPSA) is 165 Å². The molecule has 0 saturated heterocycles. The van der Waals surface area contributed by atoms with Crippen molar-refractivity contribution in [2.75, 3.05) is 27.2 Å². The van der Waals surface area contributed by atoms with Crippen molar-refractivity contribution >= 4 is 23.2 Å². The molecule has 0 heterocycles. The Morgan fingerprint density at radius 1 is 1.04 bits per heavy atom. The highest BCUT2D eigenvalue weighted by molar-refractivity contribution is 6.24. The highest BCUT2D eigenvalue weighted by Gasteiger charge is 2.64. The lowest BCUT2D eigenvalue weighted by atomic mass is 9.40. The summed E-state index contributed by atoms with van der Waals surface area (Å²) in [5.74, 6) is -6.45. The van der Waals surface area contributed by atoms with Gasteiger partial charge in [-0.05, 0) is 111 Å². The summed E-state index contributed by atoms with van der Waals surface area (Å²) in [6.45, 7) is 8.12. The molecule has 1 aromatic rings. The van der Waals surface area contributed by atoms with Crippen LogP contribution in [0.25, 0.3) is 5.76 Å². The number of carbonyl (C=O) groups excluding carboxylic acids is 3. The van der Waals surface area contributed by atoms with Crippen molar-refractivity contribution in [3.8, 4) is 5.75 Å². The number of ketones is 2. The number of aromatic hydroxyl groups is 1. The van der Waals surface area contributed by atoms with Gasteiger partial charge >= 0.3 is 6.18 Å². The second-order valence-electron chi connectivity index (χ2n) is 17.0. The first-order chi connectivity index (χ1) is 23.7. The van der Waals surface area contributed by atoms with Gasteiger partial charge in [-0.25, -0.2) is 0 Å². The molecule has 5 fully saturated rings. The van der Waals surface area contributed by atoms with E-state index >= 15 is 13.2 Å². The summed E-state index contributed by atoms with van der Waals surface area (Å²) in [7, 11) is 2.93. The molecule has 1 amide bonds. The van der Waals surface area contributed by atoms with E-state index in [1.165, 1.54) is 19.0 Å². The predicted molar refractivity (Wildman–Crippen MR) is 180 cm³/mol. The van der Waals surface area contributed by atoms with Gasteiger partial charge in [-0.1, -0.05) is 20.8 Å². The Hall–Kier alpha value is -3.42. The summed E-state index contributed by atoms with van der Waals surface area (Å²) in [5, 5.41) is 45.8. The third-order valence-electron chi connectivity index (χ3n) is 13.6. The standard InChI is InChI=1S/C38H48F3N3O7/c1-16-22-9-8-18(28(16)36(22,2)3)14-44(13-17-6-7-17)15-20-12-24(45)26-21(29(20)38(39,40)41)10-19-11-23-30(43(4)5)32(47)27(35(42)50)34(49)37(23,51)33(48)25(19)31(26)46/h12,16-19,22-23,28,30,45-46,49,51H,6-11,13-15H2,1-5H3,(H2,42,50)/t16-,18-,19+,22?,23+,28?,30+,37+/m1/s1. The maximum absolute atomic E-state index is 15.3. The van der Waals surface area contributed by atoms with Gasteiger partial charge in [0.2, 0.25) is 5.78 Å². The number of primary amides is 1. The van der Waals surface area contributed by atoms with Crippen molar-refractivity contribution in [1.82, 2.24) is 9.80 Å². The molecule has 7 aliphatic rings. The van der Waals surface area contributed by atoms with Gasteiger partial charge in [-0.3, -0.25) is 24.2 Å². The van der Waals surface area contributed by atoms with Crippen LogP contribution < -0.4 is 5.73 Å². The van der Waals surface area contributed by atoms with Crippen molar-refractivity contribution in [2.24, 2.45) is 52.6 Å². The molecule has 0 aromatic heterocycles. The van der Waals surface area contributed by atoms with E-state index in [2.05, 4.69) is 25.7 Å². The molecule has 8 atom stereocenters. The number of hydrogen-bond donors (Lipinski definition) is 5. The zero-order chi connectivity index (χ0) is 37.3. The molecule has 13 heteroatoms. The summed E-state index contributed by atoms with van der Waals surface area (Å²) in [4.78, 5) is 43.2. The fourth-order valence-corrected chi connectivity index (χ4v) is 11.5. The maximum Gasteiger partial charge on any atom is 0.417 e. The molecule has 7 aliphatic carbocycles. The van der Waals surface area contributed by atoms with Crippen LogP contribution in [0, 0.1) is 46.8 Å². The van der Waals surface area contributed by atoms with Gasteiger partial charge in [0.25, 0.3) is 5.91 Å². The van der Waals surface area contributed by atoms with Gasteiger partial charge < -0.3 is 26.2 Å². The summed E-state index contributed by atoms with van der Waals surface area (Å²) in [5.41, 5.74) is -0.763. The molecule has 0 aliphatic heterocycles.